The lowest BCUT2D eigenvalue weighted by atomic mass is 9.94. The van der Waals surface area contributed by atoms with E-state index in [1.807, 2.05) is 24.5 Å². The van der Waals surface area contributed by atoms with Crippen LogP contribution in [0.2, 0.25) is 0 Å². The van der Waals surface area contributed by atoms with Crippen molar-refractivity contribution in [1.82, 2.24) is 9.97 Å². The summed E-state index contributed by atoms with van der Waals surface area (Å²) in [6, 6.07) is 90.6. The molecule has 0 unspecified atom stereocenters. The molecule has 0 aliphatic heterocycles. The average molecular weight is 889 g/mol. The first-order chi connectivity index (χ1) is 34.8. The van der Waals surface area contributed by atoms with Gasteiger partial charge in [-0.1, -0.05) is 237 Å². The highest BCUT2D eigenvalue weighted by atomic mass is 14.7. The molecular weight excluding hydrogens is 845 g/mol. The third kappa shape index (κ3) is 7.05. The standard InChI is InChI=1S/C28H18.C24H16N2.C16H10/c1-3-8-19(9-4-1)21-14-15-23-26-17-16-22(20-10-5-2-6-11-20)24-12-7-13-25(28(24)26)27(23)18-21;1-3-7-17(8-4-1)19-13-15-25-23-21(19)11-12-22-20(14-16-26-24(22)23)18-9-5-2-6-10-18;1-2-8-13-12(7-1)14-9-3-5-11-6-4-10-15(13)16(11)14/h1-18H;1-16H;1-10H. The lowest BCUT2D eigenvalue weighted by Gasteiger charge is -2.11. The number of rotatable bonds is 4. The molecule has 0 bridgehead atoms. The van der Waals surface area contributed by atoms with Gasteiger partial charge < -0.3 is 0 Å². The molecular formula is C68H44N2. The maximum absolute atomic E-state index is 4.67. The lowest BCUT2D eigenvalue weighted by molar-refractivity contribution is 1.37. The summed E-state index contributed by atoms with van der Waals surface area (Å²) in [7, 11) is 0. The Balaban J connectivity index is 0.000000107. The molecule has 0 saturated heterocycles. The number of nitrogens with zero attached hydrogens (tertiary/aromatic N) is 2. The summed E-state index contributed by atoms with van der Waals surface area (Å²) in [5, 5.41) is 7.72. The molecule has 2 aromatic heterocycles. The van der Waals surface area contributed by atoms with Gasteiger partial charge in [-0.3, -0.25) is 9.97 Å². The Labute approximate surface area is 407 Å². The second-order valence-corrected chi connectivity index (χ2v) is 17.9. The largest absolute Gasteiger partial charge is 0.254 e. The topological polar surface area (TPSA) is 25.8 Å². The Kier molecular flexibility index (Phi) is 10.2. The van der Waals surface area contributed by atoms with E-state index < -0.39 is 0 Å². The van der Waals surface area contributed by atoms with E-state index in [2.05, 4.69) is 253 Å². The van der Waals surface area contributed by atoms with Crippen molar-refractivity contribution in [3.05, 3.63) is 267 Å². The first kappa shape index (κ1) is 41.0. The SMILES string of the molecule is c1ccc(-c2ccc3c(c2)-c2cccc4c(-c5ccccc5)ccc-3c24)cc1.c1ccc(-c2ccnc3c2ccc2c(-c4ccccc4)ccnc23)cc1.c1ccc2c(c1)-c1cccc3cccc-2c13. The van der Waals surface area contributed by atoms with E-state index in [1.54, 1.807) is 0 Å². The molecule has 2 aliphatic rings. The molecule has 0 spiro atoms. The molecule has 2 nitrogen and oxygen atoms in total. The molecule has 326 valence electrons. The van der Waals surface area contributed by atoms with Crippen LogP contribution in [0.15, 0.2) is 267 Å². The number of hydrogen-bond acceptors (Lipinski definition) is 2. The maximum atomic E-state index is 4.67. The summed E-state index contributed by atoms with van der Waals surface area (Å²) >= 11 is 0. The van der Waals surface area contributed by atoms with Crippen LogP contribution in [-0.2, 0) is 0 Å². The Morgan fingerprint density at radius 2 is 0.586 bits per heavy atom. The second kappa shape index (κ2) is 17.4. The fraction of sp³-hybridized carbons (Fsp3) is 0. The van der Waals surface area contributed by atoms with Crippen molar-refractivity contribution in [2.24, 2.45) is 0 Å². The molecule has 2 heteroatoms. The van der Waals surface area contributed by atoms with Crippen LogP contribution in [0.25, 0.3) is 132 Å². The van der Waals surface area contributed by atoms with Crippen LogP contribution in [0.3, 0.4) is 0 Å². The van der Waals surface area contributed by atoms with Crippen molar-refractivity contribution in [2.75, 3.05) is 0 Å². The summed E-state index contributed by atoms with van der Waals surface area (Å²) in [6.45, 7) is 0. The van der Waals surface area contributed by atoms with Crippen LogP contribution in [0, 0.1) is 0 Å². The molecule has 2 aliphatic carbocycles. The number of aromatic nitrogens is 2. The van der Waals surface area contributed by atoms with E-state index in [1.165, 1.54) is 111 Å². The Morgan fingerprint density at radius 1 is 0.200 bits per heavy atom. The molecule has 0 radical (unpaired) electrons. The summed E-state index contributed by atoms with van der Waals surface area (Å²) in [5.74, 6) is 0. The predicted molar refractivity (Wildman–Crippen MR) is 296 cm³/mol. The van der Waals surface area contributed by atoms with Gasteiger partial charge in [-0.15, -0.1) is 0 Å². The number of benzene rings is 11. The van der Waals surface area contributed by atoms with Crippen molar-refractivity contribution < 1.29 is 0 Å². The zero-order valence-electron chi connectivity index (χ0n) is 38.3. The normalized spacial score (nSPS) is 11.4. The van der Waals surface area contributed by atoms with Crippen LogP contribution < -0.4 is 0 Å². The summed E-state index contributed by atoms with van der Waals surface area (Å²) < 4.78 is 0. The van der Waals surface area contributed by atoms with Gasteiger partial charge in [0.25, 0.3) is 0 Å². The van der Waals surface area contributed by atoms with Crippen LogP contribution in [0.5, 0.6) is 0 Å². The highest BCUT2D eigenvalue weighted by Gasteiger charge is 2.24. The van der Waals surface area contributed by atoms with Gasteiger partial charge >= 0.3 is 0 Å². The molecule has 0 atom stereocenters. The van der Waals surface area contributed by atoms with Gasteiger partial charge in [-0.05, 0) is 129 Å². The monoisotopic (exact) mass is 888 g/mol. The maximum Gasteiger partial charge on any atom is 0.0970 e. The van der Waals surface area contributed by atoms with E-state index in [0.29, 0.717) is 0 Å². The zero-order valence-corrected chi connectivity index (χ0v) is 38.3. The van der Waals surface area contributed by atoms with Crippen LogP contribution >= 0.6 is 0 Å². The Morgan fingerprint density at radius 3 is 1.11 bits per heavy atom. The molecule has 13 aromatic rings. The zero-order chi connectivity index (χ0) is 46.4. The van der Waals surface area contributed by atoms with Gasteiger partial charge in [0, 0.05) is 23.2 Å². The first-order valence-electron chi connectivity index (χ1n) is 24.0. The van der Waals surface area contributed by atoms with Gasteiger partial charge in [0.15, 0.2) is 0 Å². The average Bonchev–Trinajstić information content (AvgIpc) is 3.95. The van der Waals surface area contributed by atoms with Gasteiger partial charge in [-0.25, -0.2) is 0 Å². The molecule has 0 amide bonds. The Hall–Kier alpha value is -9.24. The molecule has 2 heterocycles. The van der Waals surface area contributed by atoms with Crippen LogP contribution in [-0.4, -0.2) is 9.97 Å². The van der Waals surface area contributed by atoms with Crippen molar-refractivity contribution in [3.63, 3.8) is 0 Å². The third-order valence-electron chi connectivity index (χ3n) is 14.0. The minimum atomic E-state index is 0.946. The molecule has 0 saturated carbocycles. The van der Waals surface area contributed by atoms with Crippen molar-refractivity contribution >= 4 is 43.4 Å². The predicted octanol–water partition coefficient (Wildman–Crippen LogP) is 18.4. The fourth-order valence-electron chi connectivity index (χ4n) is 10.8. The molecule has 15 rings (SSSR count). The van der Waals surface area contributed by atoms with Crippen molar-refractivity contribution in [1.29, 1.82) is 0 Å². The van der Waals surface area contributed by atoms with E-state index in [0.717, 1.165) is 21.8 Å². The highest BCUT2D eigenvalue weighted by molar-refractivity contribution is 6.19. The number of hydrogen-bond donors (Lipinski definition) is 0. The lowest BCUT2D eigenvalue weighted by Crippen LogP contribution is -1.90. The van der Waals surface area contributed by atoms with Gasteiger partial charge in [-0.2, -0.15) is 0 Å². The van der Waals surface area contributed by atoms with E-state index in [-0.39, 0.29) is 0 Å². The molecule has 0 fully saturated rings. The molecule has 0 N–H and O–H groups in total. The number of pyridine rings is 2. The van der Waals surface area contributed by atoms with Gasteiger partial charge in [0.1, 0.15) is 0 Å². The van der Waals surface area contributed by atoms with Gasteiger partial charge in [0.05, 0.1) is 11.0 Å². The minimum Gasteiger partial charge on any atom is -0.254 e. The van der Waals surface area contributed by atoms with Crippen LogP contribution in [0.1, 0.15) is 0 Å². The molecule has 70 heavy (non-hydrogen) atoms. The Bertz CT molecular complexity index is 3930. The van der Waals surface area contributed by atoms with Crippen molar-refractivity contribution in [3.8, 4) is 89.0 Å². The van der Waals surface area contributed by atoms with E-state index in [9.17, 15) is 0 Å². The van der Waals surface area contributed by atoms with E-state index in [4.69, 9.17) is 0 Å². The second-order valence-electron chi connectivity index (χ2n) is 17.9. The van der Waals surface area contributed by atoms with Gasteiger partial charge in [0.2, 0.25) is 0 Å². The highest BCUT2D eigenvalue weighted by Crippen LogP contribution is 2.51. The van der Waals surface area contributed by atoms with Crippen LogP contribution in [0.4, 0.5) is 0 Å². The first-order valence-corrected chi connectivity index (χ1v) is 24.0. The third-order valence-corrected chi connectivity index (χ3v) is 14.0. The van der Waals surface area contributed by atoms with Crippen molar-refractivity contribution in [2.45, 2.75) is 0 Å². The minimum absolute atomic E-state index is 0.946. The number of fused-ring (bicyclic) bond motifs is 9. The van der Waals surface area contributed by atoms with E-state index >= 15 is 0 Å². The fourth-order valence-corrected chi connectivity index (χ4v) is 10.8. The quantitative estimate of drug-likeness (QED) is 0.165. The molecule has 11 aromatic carbocycles. The summed E-state index contributed by atoms with van der Waals surface area (Å²) in [4.78, 5) is 9.34. The summed E-state index contributed by atoms with van der Waals surface area (Å²) in [5.41, 5.74) is 22.6. The summed E-state index contributed by atoms with van der Waals surface area (Å²) in [6.07, 6.45) is 3.75. The smallest absolute Gasteiger partial charge is 0.0970 e.